The number of carbonyl (C=O) groups excluding carboxylic acids is 1. The number of rotatable bonds is 5. The van der Waals surface area contributed by atoms with Crippen LogP contribution in [0.1, 0.15) is 21.5 Å². The molecule has 22 heavy (non-hydrogen) atoms. The molecule has 0 atom stereocenters. The monoisotopic (exact) mass is 318 g/mol. The molecule has 2 N–H and O–H groups in total. The van der Waals surface area contributed by atoms with Crippen molar-refractivity contribution in [3.63, 3.8) is 0 Å². The highest BCUT2D eigenvalue weighted by atomic mass is 32.2. The number of hydrogen-bond donors (Lipinski definition) is 1. The summed E-state index contributed by atoms with van der Waals surface area (Å²) < 4.78 is 26.4. The molecule has 1 amide bonds. The molecule has 0 aliphatic carbocycles. The zero-order chi connectivity index (χ0) is 16.3. The summed E-state index contributed by atoms with van der Waals surface area (Å²) in [6.45, 7) is 1.97. The maximum absolute atomic E-state index is 12.6. The molecule has 0 heterocycles. The van der Waals surface area contributed by atoms with Crippen LogP contribution in [0.15, 0.2) is 53.4 Å². The number of hydrogen-bond acceptors (Lipinski definition) is 3. The van der Waals surface area contributed by atoms with Crippen LogP contribution in [0.2, 0.25) is 0 Å². The molecule has 6 heteroatoms. The van der Waals surface area contributed by atoms with Gasteiger partial charge in [0.1, 0.15) is 0 Å². The number of primary amides is 1. The number of nitrogens with zero attached hydrogens (tertiary/aromatic N) is 1. The molecule has 5 nitrogen and oxygen atoms in total. The molecular weight excluding hydrogens is 300 g/mol. The van der Waals surface area contributed by atoms with Crippen LogP contribution in [0.3, 0.4) is 0 Å². The lowest BCUT2D eigenvalue weighted by Crippen LogP contribution is -2.27. The predicted octanol–water partition coefficient (Wildman–Crippen LogP) is 1.91. The van der Waals surface area contributed by atoms with E-state index in [0.29, 0.717) is 5.56 Å². The van der Waals surface area contributed by atoms with Gasteiger partial charge in [-0.2, -0.15) is 4.31 Å². The summed E-state index contributed by atoms with van der Waals surface area (Å²) in [4.78, 5) is 11.4. The molecule has 0 aliphatic rings. The molecule has 0 aliphatic heterocycles. The number of benzene rings is 2. The van der Waals surface area contributed by atoms with Crippen molar-refractivity contribution in [3.8, 4) is 0 Å². The van der Waals surface area contributed by atoms with Gasteiger partial charge in [0.15, 0.2) is 0 Å². The molecule has 0 saturated carbocycles. The number of sulfonamides is 1. The maximum atomic E-state index is 12.6. The highest BCUT2D eigenvalue weighted by Gasteiger charge is 2.22. The first-order valence-electron chi connectivity index (χ1n) is 6.73. The Balaban J connectivity index is 2.34. The molecule has 0 bridgehead atoms. The van der Waals surface area contributed by atoms with E-state index in [9.17, 15) is 13.2 Å². The number of amides is 1. The van der Waals surface area contributed by atoms with E-state index in [1.807, 2.05) is 30.3 Å². The fourth-order valence-corrected chi connectivity index (χ4v) is 3.32. The molecule has 0 unspecified atom stereocenters. The van der Waals surface area contributed by atoms with Crippen molar-refractivity contribution in [3.05, 3.63) is 65.2 Å². The summed E-state index contributed by atoms with van der Waals surface area (Å²) in [7, 11) is -2.18. The lowest BCUT2D eigenvalue weighted by Gasteiger charge is -2.18. The van der Waals surface area contributed by atoms with Gasteiger partial charge in [0.25, 0.3) is 0 Å². The van der Waals surface area contributed by atoms with Crippen molar-refractivity contribution >= 4 is 15.9 Å². The normalized spacial score (nSPS) is 11.6. The Morgan fingerprint density at radius 1 is 1.14 bits per heavy atom. The first-order valence-corrected chi connectivity index (χ1v) is 8.17. The lowest BCUT2D eigenvalue weighted by atomic mass is 10.1. The molecule has 0 fully saturated rings. The van der Waals surface area contributed by atoms with Gasteiger partial charge in [0, 0.05) is 19.2 Å². The third-order valence-electron chi connectivity index (χ3n) is 3.43. The second kappa shape index (κ2) is 6.29. The third kappa shape index (κ3) is 3.35. The molecule has 2 aromatic rings. The summed E-state index contributed by atoms with van der Waals surface area (Å²) in [5.41, 5.74) is 7.03. The van der Waals surface area contributed by atoms with E-state index in [0.717, 1.165) is 5.56 Å². The second-order valence-electron chi connectivity index (χ2n) is 5.09. The van der Waals surface area contributed by atoms with Crippen molar-refractivity contribution < 1.29 is 13.2 Å². The Morgan fingerprint density at radius 2 is 1.77 bits per heavy atom. The number of nitrogens with two attached hydrogens (primary N) is 1. The Bertz CT molecular complexity index is 786. The van der Waals surface area contributed by atoms with Crippen LogP contribution in [0.4, 0.5) is 0 Å². The molecule has 116 valence electrons. The van der Waals surface area contributed by atoms with Gasteiger partial charge >= 0.3 is 0 Å². The van der Waals surface area contributed by atoms with Crippen LogP contribution in [0.5, 0.6) is 0 Å². The first-order chi connectivity index (χ1) is 10.3. The van der Waals surface area contributed by atoms with Gasteiger partial charge in [-0.25, -0.2) is 8.42 Å². The molecule has 2 aromatic carbocycles. The zero-order valence-electron chi connectivity index (χ0n) is 12.5. The summed E-state index contributed by atoms with van der Waals surface area (Å²) in [5.74, 6) is -0.639. The summed E-state index contributed by atoms with van der Waals surface area (Å²) in [6, 6.07) is 13.7. The molecule has 2 rings (SSSR count). The van der Waals surface area contributed by atoms with Crippen LogP contribution in [0, 0.1) is 6.92 Å². The minimum Gasteiger partial charge on any atom is -0.366 e. The van der Waals surface area contributed by atoms with E-state index in [1.165, 1.54) is 23.5 Å². The Morgan fingerprint density at radius 3 is 2.36 bits per heavy atom. The highest BCUT2D eigenvalue weighted by Crippen LogP contribution is 2.20. The second-order valence-corrected chi connectivity index (χ2v) is 7.13. The summed E-state index contributed by atoms with van der Waals surface area (Å²) >= 11 is 0. The van der Waals surface area contributed by atoms with Gasteiger partial charge in [-0.3, -0.25) is 4.79 Å². The summed E-state index contributed by atoms with van der Waals surface area (Å²) in [5, 5.41) is 0. The molecule has 0 saturated heterocycles. The van der Waals surface area contributed by atoms with E-state index in [1.54, 1.807) is 13.0 Å². The average Bonchev–Trinajstić information content (AvgIpc) is 2.48. The molecule has 0 radical (unpaired) electrons. The lowest BCUT2D eigenvalue weighted by molar-refractivity contribution is 0.0999. The third-order valence-corrected chi connectivity index (χ3v) is 5.23. The zero-order valence-corrected chi connectivity index (χ0v) is 13.3. The van der Waals surface area contributed by atoms with Gasteiger partial charge in [-0.1, -0.05) is 36.4 Å². The van der Waals surface area contributed by atoms with Gasteiger partial charge < -0.3 is 5.73 Å². The average molecular weight is 318 g/mol. The standard InChI is InChI=1S/C16H18N2O3S/c1-12-8-9-14(10-15(12)16(17)19)22(20,21)18(2)11-13-6-4-3-5-7-13/h3-10H,11H2,1-2H3,(H2,17,19). The van der Waals surface area contributed by atoms with E-state index in [-0.39, 0.29) is 17.0 Å². The quantitative estimate of drug-likeness (QED) is 0.914. The van der Waals surface area contributed by atoms with Crippen LogP contribution >= 0.6 is 0 Å². The fourth-order valence-electron chi connectivity index (χ4n) is 2.13. The van der Waals surface area contributed by atoms with Gasteiger partial charge in [-0.15, -0.1) is 0 Å². The van der Waals surface area contributed by atoms with E-state index < -0.39 is 15.9 Å². The van der Waals surface area contributed by atoms with E-state index in [4.69, 9.17) is 5.73 Å². The minimum atomic E-state index is -3.68. The minimum absolute atomic E-state index is 0.0605. The van der Waals surface area contributed by atoms with Crippen molar-refractivity contribution in [2.45, 2.75) is 18.4 Å². The predicted molar refractivity (Wildman–Crippen MR) is 84.8 cm³/mol. The first kappa shape index (κ1) is 16.2. The van der Waals surface area contributed by atoms with Crippen molar-refractivity contribution in [1.29, 1.82) is 0 Å². The fraction of sp³-hybridized carbons (Fsp3) is 0.188. The van der Waals surface area contributed by atoms with E-state index in [2.05, 4.69) is 0 Å². The molecular formula is C16H18N2O3S. The van der Waals surface area contributed by atoms with Crippen LogP contribution < -0.4 is 5.73 Å². The van der Waals surface area contributed by atoms with Gasteiger partial charge in [0.05, 0.1) is 4.90 Å². The van der Waals surface area contributed by atoms with Crippen LogP contribution in [0.25, 0.3) is 0 Å². The van der Waals surface area contributed by atoms with E-state index >= 15 is 0 Å². The van der Waals surface area contributed by atoms with Gasteiger partial charge in [0.2, 0.25) is 15.9 Å². The maximum Gasteiger partial charge on any atom is 0.249 e. The Hall–Kier alpha value is -2.18. The van der Waals surface area contributed by atoms with Crippen molar-refractivity contribution in [1.82, 2.24) is 4.31 Å². The van der Waals surface area contributed by atoms with Crippen LogP contribution in [-0.4, -0.2) is 25.7 Å². The van der Waals surface area contributed by atoms with Crippen molar-refractivity contribution in [2.24, 2.45) is 5.73 Å². The number of aryl methyl sites for hydroxylation is 1. The van der Waals surface area contributed by atoms with Gasteiger partial charge in [-0.05, 0) is 30.2 Å². The summed E-state index contributed by atoms with van der Waals surface area (Å²) in [6.07, 6.45) is 0. The molecule has 0 spiro atoms. The number of carbonyl (C=O) groups is 1. The SMILES string of the molecule is Cc1ccc(S(=O)(=O)N(C)Cc2ccccc2)cc1C(N)=O. The highest BCUT2D eigenvalue weighted by molar-refractivity contribution is 7.89. The topological polar surface area (TPSA) is 80.5 Å². The largest absolute Gasteiger partial charge is 0.366 e. The van der Waals surface area contributed by atoms with Crippen LogP contribution in [-0.2, 0) is 16.6 Å². The molecule has 0 aromatic heterocycles. The smallest absolute Gasteiger partial charge is 0.249 e. The van der Waals surface area contributed by atoms with Crippen molar-refractivity contribution in [2.75, 3.05) is 7.05 Å². The Labute approximate surface area is 130 Å². The Kier molecular flexibility index (Phi) is 4.63.